The minimum absolute atomic E-state index is 0.0837. The van der Waals surface area contributed by atoms with E-state index in [-0.39, 0.29) is 17.8 Å². The van der Waals surface area contributed by atoms with E-state index >= 15 is 0 Å². The van der Waals surface area contributed by atoms with Crippen molar-refractivity contribution in [3.8, 4) is 5.75 Å². The molecule has 3 rings (SSSR count). The summed E-state index contributed by atoms with van der Waals surface area (Å²) in [6.07, 6.45) is 1.44. The molecule has 1 heterocycles. The maximum Gasteiger partial charge on any atom is 0.321 e. The molecule has 7 heteroatoms. The number of nitrogens with one attached hydrogen (secondary N) is 2. The van der Waals surface area contributed by atoms with Crippen molar-refractivity contribution in [3.05, 3.63) is 59.9 Å². The van der Waals surface area contributed by atoms with E-state index in [4.69, 9.17) is 4.74 Å². The maximum atomic E-state index is 13.0. The molecule has 2 aromatic rings. The number of amides is 3. The lowest BCUT2D eigenvalue weighted by Gasteiger charge is -2.39. The van der Waals surface area contributed by atoms with Crippen LogP contribution in [0.15, 0.2) is 48.5 Å². The van der Waals surface area contributed by atoms with Crippen LogP contribution in [0.5, 0.6) is 5.75 Å². The van der Waals surface area contributed by atoms with E-state index in [9.17, 15) is 14.0 Å². The number of halogens is 1. The lowest BCUT2D eigenvalue weighted by Crippen LogP contribution is -2.52. The Morgan fingerprint density at radius 1 is 1.21 bits per heavy atom. The summed E-state index contributed by atoms with van der Waals surface area (Å²) < 4.78 is 18.2. The van der Waals surface area contributed by atoms with Crippen molar-refractivity contribution in [1.82, 2.24) is 10.2 Å². The molecule has 0 radical (unpaired) electrons. The summed E-state index contributed by atoms with van der Waals surface area (Å²) in [5.74, 6) is 0.296. The first-order chi connectivity index (χ1) is 13.9. The maximum absolute atomic E-state index is 13.0. The Hall–Kier alpha value is -3.09. The van der Waals surface area contributed by atoms with Gasteiger partial charge in [-0.3, -0.25) is 4.79 Å². The Morgan fingerprint density at radius 2 is 1.97 bits per heavy atom. The lowest BCUT2D eigenvalue weighted by molar-refractivity contribution is -0.132. The van der Waals surface area contributed by atoms with Gasteiger partial charge in [0.05, 0.1) is 12.5 Å². The van der Waals surface area contributed by atoms with Gasteiger partial charge in [-0.1, -0.05) is 12.1 Å². The van der Waals surface area contributed by atoms with Crippen LogP contribution in [-0.4, -0.2) is 37.0 Å². The van der Waals surface area contributed by atoms with E-state index in [0.717, 1.165) is 17.7 Å². The van der Waals surface area contributed by atoms with Gasteiger partial charge >= 0.3 is 6.03 Å². The number of carbonyl (C=O) groups is 2. The second kappa shape index (κ2) is 8.94. The molecular weight excluding hydrogens is 373 g/mol. The molecule has 0 aliphatic carbocycles. The van der Waals surface area contributed by atoms with Crippen LogP contribution in [0.2, 0.25) is 0 Å². The zero-order chi connectivity index (χ0) is 20.9. The lowest BCUT2D eigenvalue weighted by atomic mass is 9.81. The third-order valence-corrected chi connectivity index (χ3v) is 5.21. The van der Waals surface area contributed by atoms with Gasteiger partial charge in [-0.15, -0.1) is 0 Å². The summed E-state index contributed by atoms with van der Waals surface area (Å²) in [6, 6.07) is 12.9. The standard InChI is InChI=1S/C22H26FN3O3/c1-22(20(27)24-14-16-5-3-6-19(13-16)29-2)11-4-12-26(15-22)21(28)25-18-9-7-17(23)8-10-18/h3,5-10,13H,4,11-12,14-15H2,1-2H3,(H,24,27)(H,25,28). The van der Waals surface area contributed by atoms with Gasteiger partial charge in [0.1, 0.15) is 11.6 Å². The summed E-state index contributed by atoms with van der Waals surface area (Å²) in [6.45, 7) is 3.17. The van der Waals surface area contributed by atoms with Gasteiger partial charge in [-0.2, -0.15) is 0 Å². The summed E-state index contributed by atoms with van der Waals surface area (Å²) in [5.41, 5.74) is 0.797. The molecule has 29 heavy (non-hydrogen) atoms. The number of benzene rings is 2. The monoisotopic (exact) mass is 399 g/mol. The molecule has 6 nitrogen and oxygen atoms in total. The van der Waals surface area contributed by atoms with Crippen LogP contribution >= 0.6 is 0 Å². The third kappa shape index (κ3) is 5.25. The van der Waals surface area contributed by atoms with Gasteiger partial charge in [0, 0.05) is 25.3 Å². The number of piperidine rings is 1. The summed E-state index contributed by atoms with van der Waals surface area (Å²) in [4.78, 5) is 27.1. The van der Waals surface area contributed by atoms with Crippen molar-refractivity contribution in [2.45, 2.75) is 26.3 Å². The zero-order valence-electron chi connectivity index (χ0n) is 16.7. The van der Waals surface area contributed by atoms with E-state index < -0.39 is 5.41 Å². The molecule has 1 aliphatic rings. The number of nitrogens with zero attached hydrogens (tertiary/aromatic N) is 1. The van der Waals surface area contributed by atoms with Crippen molar-refractivity contribution < 1.29 is 18.7 Å². The van der Waals surface area contributed by atoms with Crippen molar-refractivity contribution in [2.75, 3.05) is 25.5 Å². The quantitative estimate of drug-likeness (QED) is 0.804. The molecule has 2 N–H and O–H groups in total. The molecule has 0 saturated carbocycles. The van der Waals surface area contributed by atoms with Crippen molar-refractivity contribution in [3.63, 3.8) is 0 Å². The van der Waals surface area contributed by atoms with E-state index in [0.29, 0.717) is 31.7 Å². The van der Waals surface area contributed by atoms with Crippen LogP contribution in [0.4, 0.5) is 14.9 Å². The number of hydrogen-bond donors (Lipinski definition) is 2. The van der Waals surface area contributed by atoms with Gasteiger partial charge in [0.25, 0.3) is 0 Å². The Bertz CT molecular complexity index is 872. The molecule has 1 aliphatic heterocycles. The number of hydrogen-bond acceptors (Lipinski definition) is 3. The van der Waals surface area contributed by atoms with Crippen LogP contribution in [0.3, 0.4) is 0 Å². The van der Waals surface area contributed by atoms with Crippen molar-refractivity contribution in [2.24, 2.45) is 5.41 Å². The van der Waals surface area contributed by atoms with Gasteiger partial charge in [0.2, 0.25) is 5.91 Å². The number of methoxy groups -OCH3 is 1. The highest BCUT2D eigenvalue weighted by molar-refractivity contribution is 5.90. The van der Waals surface area contributed by atoms with E-state index in [1.807, 2.05) is 31.2 Å². The molecular formula is C22H26FN3O3. The Morgan fingerprint density at radius 3 is 2.69 bits per heavy atom. The first-order valence-electron chi connectivity index (χ1n) is 9.62. The smallest absolute Gasteiger partial charge is 0.321 e. The first kappa shape index (κ1) is 20.6. The second-order valence-electron chi connectivity index (χ2n) is 7.56. The average Bonchev–Trinajstić information content (AvgIpc) is 2.73. The van der Waals surface area contributed by atoms with E-state index in [2.05, 4.69) is 10.6 Å². The first-order valence-corrected chi connectivity index (χ1v) is 9.62. The highest BCUT2D eigenvalue weighted by atomic mass is 19.1. The van der Waals surface area contributed by atoms with Gasteiger partial charge in [0.15, 0.2) is 0 Å². The number of carbonyl (C=O) groups excluding carboxylic acids is 2. The fourth-order valence-corrected chi connectivity index (χ4v) is 3.51. The molecule has 1 atom stereocenters. The molecule has 1 unspecified atom stereocenters. The molecule has 0 spiro atoms. The predicted octanol–water partition coefficient (Wildman–Crippen LogP) is 3.78. The summed E-state index contributed by atoms with van der Waals surface area (Å²) in [5, 5.41) is 5.74. The zero-order valence-corrected chi connectivity index (χ0v) is 16.7. The minimum Gasteiger partial charge on any atom is -0.497 e. The SMILES string of the molecule is COc1cccc(CNC(=O)C2(C)CCCN(C(=O)Nc3ccc(F)cc3)C2)c1. The summed E-state index contributed by atoms with van der Waals surface area (Å²) >= 11 is 0. The molecule has 2 aromatic carbocycles. The molecule has 0 bridgehead atoms. The fraction of sp³-hybridized carbons (Fsp3) is 0.364. The molecule has 1 saturated heterocycles. The fourth-order valence-electron chi connectivity index (χ4n) is 3.51. The Kier molecular flexibility index (Phi) is 6.36. The number of likely N-dealkylation sites (tertiary alicyclic amines) is 1. The van der Waals surface area contributed by atoms with Gasteiger partial charge in [-0.05, 0) is 61.7 Å². The molecule has 3 amide bonds. The predicted molar refractivity (Wildman–Crippen MR) is 109 cm³/mol. The highest BCUT2D eigenvalue weighted by Gasteiger charge is 2.39. The Labute approximate surface area is 170 Å². The number of anilines is 1. The normalized spacial score (nSPS) is 18.8. The number of ether oxygens (including phenoxy) is 1. The van der Waals surface area contributed by atoms with Crippen LogP contribution in [0, 0.1) is 11.2 Å². The van der Waals surface area contributed by atoms with Crippen LogP contribution in [-0.2, 0) is 11.3 Å². The van der Waals surface area contributed by atoms with Crippen LogP contribution < -0.4 is 15.4 Å². The molecule has 154 valence electrons. The minimum atomic E-state index is -0.669. The molecule has 0 aromatic heterocycles. The Balaban J connectivity index is 1.59. The number of urea groups is 1. The topological polar surface area (TPSA) is 70.7 Å². The molecule has 1 fully saturated rings. The summed E-state index contributed by atoms with van der Waals surface area (Å²) in [7, 11) is 1.60. The highest BCUT2D eigenvalue weighted by Crippen LogP contribution is 2.30. The average molecular weight is 399 g/mol. The van der Waals surface area contributed by atoms with E-state index in [1.54, 1.807) is 12.0 Å². The number of rotatable bonds is 5. The van der Waals surface area contributed by atoms with Crippen LogP contribution in [0.1, 0.15) is 25.3 Å². The van der Waals surface area contributed by atoms with Crippen LogP contribution in [0.25, 0.3) is 0 Å². The van der Waals surface area contributed by atoms with E-state index in [1.165, 1.54) is 24.3 Å². The van der Waals surface area contributed by atoms with Crippen molar-refractivity contribution in [1.29, 1.82) is 0 Å². The van der Waals surface area contributed by atoms with Crippen molar-refractivity contribution >= 4 is 17.6 Å². The largest absolute Gasteiger partial charge is 0.497 e. The van der Waals surface area contributed by atoms with Gasteiger partial charge in [-0.25, -0.2) is 9.18 Å². The third-order valence-electron chi connectivity index (χ3n) is 5.21. The second-order valence-corrected chi connectivity index (χ2v) is 7.56. The van der Waals surface area contributed by atoms with Gasteiger partial charge < -0.3 is 20.3 Å².